The smallest absolute Gasteiger partial charge is 0.278 e. The number of nitrogens with zero attached hydrogens (tertiary/aromatic N) is 2. The van der Waals surface area contributed by atoms with E-state index in [1.54, 1.807) is 6.20 Å². The normalized spacial score (nSPS) is 12.1. The quantitative estimate of drug-likeness (QED) is 0.758. The van der Waals surface area contributed by atoms with Crippen molar-refractivity contribution >= 4 is 25.4 Å². The van der Waals surface area contributed by atoms with E-state index in [2.05, 4.69) is 4.98 Å². The largest absolute Gasteiger partial charge is 0.290 e. The molecule has 0 unspecified atom stereocenters. The topological polar surface area (TPSA) is 51.4 Å². The molecule has 2 heterocycles. The zero-order valence-corrected chi connectivity index (χ0v) is 9.59. The summed E-state index contributed by atoms with van der Waals surface area (Å²) < 4.78 is 23.8. The third-order valence-corrected chi connectivity index (χ3v) is 3.48. The van der Waals surface area contributed by atoms with E-state index in [1.807, 2.05) is 19.1 Å². The fourth-order valence-corrected chi connectivity index (χ4v) is 2.31. The van der Waals surface area contributed by atoms with Crippen molar-refractivity contribution in [3.05, 3.63) is 30.1 Å². The number of pyridine rings is 1. The Morgan fingerprint density at radius 3 is 2.87 bits per heavy atom. The van der Waals surface area contributed by atoms with Gasteiger partial charge in [0.05, 0.1) is 6.20 Å². The van der Waals surface area contributed by atoms with E-state index >= 15 is 0 Å². The average Bonchev–Trinajstić information content (AvgIpc) is 2.59. The van der Waals surface area contributed by atoms with Gasteiger partial charge in [-0.15, -0.1) is 0 Å². The molecule has 0 fully saturated rings. The summed E-state index contributed by atoms with van der Waals surface area (Å²) in [6.07, 6.45) is 3.81. The Labute approximate surface area is 91.9 Å². The Bertz CT molecular complexity index is 604. The molecule has 0 aliphatic carbocycles. The van der Waals surface area contributed by atoms with Gasteiger partial charge < -0.3 is 0 Å². The molecule has 15 heavy (non-hydrogen) atoms. The number of fused-ring (bicyclic) bond motifs is 1. The first-order valence-electron chi connectivity index (χ1n) is 4.43. The SMILES string of the molecule is CCc1ccn2c(S(=O)(=O)Cl)cnc2c1. The minimum absolute atomic E-state index is 0.00168. The Balaban J connectivity index is 2.73. The molecule has 0 spiro atoms. The van der Waals surface area contributed by atoms with Gasteiger partial charge in [0.25, 0.3) is 9.05 Å². The van der Waals surface area contributed by atoms with E-state index in [-0.39, 0.29) is 5.03 Å². The van der Waals surface area contributed by atoms with Gasteiger partial charge in [0.15, 0.2) is 5.03 Å². The van der Waals surface area contributed by atoms with Crippen LogP contribution in [-0.4, -0.2) is 17.8 Å². The second-order valence-corrected chi connectivity index (χ2v) is 5.66. The predicted molar refractivity (Wildman–Crippen MR) is 57.6 cm³/mol. The predicted octanol–water partition coefficient (Wildman–Crippen LogP) is 1.82. The lowest BCUT2D eigenvalue weighted by Gasteiger charge is -1.99. The number of hydrogen-bond donors (Lipinski definition) is 0. The lowest BCUT2D eigenvalue weighted by molar-refractivity contribution is 0.605. The maximum atomic E-state index is 11.2. The third-order valence-electron chi connectivity index (χ3n) is 2.20. The van der Waals surface area contributed by atoms with Crippen molar-refractivity contribution in [1.82, 2.24) is 9.38 Å². The highest BCUT2D eigenvalue weighted by Crippen LogP contribution is 2.17. The average molecular weight is 245 g/mol. The monoisotopic (exact) mass is 244 g/mol. The van der Waals surface area contributed by atoms with Gasteiger partial charge in [-0.3, -0.25) is 4.40 Å². The minimum atomic E-state index is -3.73. The molecule has 0 atom stereocenters. The molecule has 4 nitrogen and oxygen atoms in total. The molecule has 80 valence electrons. The summed E-state index contributed by atoms with van der Waals surface area (Å²) >= 11 is 0. The van der Waals surface area contributed by atoms with Gasteiger partial charge >= 0.3 is 0 Å². The van der Waals surface area contributed by atoms with Crippen LogP contribution in [0.3, 0.4) is 0 Å². The molecular weight excluding hydrogens is 236 g/mol. The molecule has 6 heteroatoms. The van der Waals surface area contributed by atoms with Crippen LogP contribution in [0.25, 0.3) is 5.65 Å². The zero-order valence-electron chi connectivity index (χ0n) is 8.01. The van der Waals surface area contributed by atoms with Gasteiger partial charge in [0.1, 0.15) is 5.65 Å². The number of aryl methyl sites for hydroxylation is 1. The van der Waals surface area contributed by atoms with Crippen LogP contribution in [-0.2, 0) is 15.5 Å². The van der Waals surface area contributed by atoms with Gasteiger partial charge in [-0.05, 0) is 24.1 Å². The number of rotatable bonds is 2. The van der Waals surface area contributed by atoms with Gasteiger partial charge in [0, 0.05) is 16.9 Å². The molecule has 2 aromatic rings. The van der Waals surface area contributed by atoms with Crippen LogP contribution in [0.1, 0.15) is 12.5 Å². The molecule has 0 saturated heterocycles. The van der Waals surface area contributed by atoms with Gasteiger partial charge in [-0.2, -0.15) is 0 Å². The molecule has 0 saturated carbocycles. The number of imidazole rings is 1. The summed E-state index contributed by atoms with van der Waals surface area (Å²) in [6.45, 7) is 2.02. The van der Waals surface area contributed by atoms with Crippen molar-refractivity contribution in [1.29, 1.82) is 0 Å². The van der Waals surface area contributed by atoms with Gasteiger partial charge in [-0.25, -0.2) is 13.4 Å². The van der Waals surface area contributed by atoms with Crippen LogP contribution < -0.4 is 0 Å². The maximum absolute atomic E-state index is 11.2. The molecule has 0 radical (unpaired) electrons. The summed E-state index contributed by atoms with van der Waals surface area (Å²) in [5.74, 6) is 0. The van der Waals surface area contributed by atoms with Crippen LogP contribution in [0.15, 0.2) is 29.6 Å². The highest BCUT2D eigenvalue weighted by atomic mass is 35.7. The molecule has 0 aliphatic rings. The fourth-order valence-electron chi connectivity index (χ4n) is 1.40. The highest BCUT2D eigenvalue weighted by Gasteiger charge is 2.15. The Morgan fingerprint density at radius 2 is 2.27 bits per heavy atom. The van der Waals surface area contributed by atoms with Crippen molar-refractivity contribution in [3.63, 3.8) is 0 Å². The standard InChI is InChI=1S/C9H9ClN2O2S/c1-2-7-3-4-12-8(5-7)11-6-9(12)15(10,13)14/h3-6H,2H2,1H3. The summed E-state index contributed by atoms with van der Waals surface area (Å²) in [5, 5.41) is 0.00168. The molecule has 0 bridgehead atoms. The van der Waals surface area contributed by atoms with Crippen LogP contribution in [0.5, 0.6) is 0 Å². The summed E-state index contributed by atoms with van der Waals surface area (Å²) in [6, 6.07) is 3.69. The summed E-state index contributed by atoms with van der Waals surface area (Å²) in [7, 11) is 1.53. The van der Waals surface area contributed by atoms with E-state index in [9.17, 15) is 8.42 Å². The maximum Gasteiger partial charge on any atom is 0.278 e. The highest BCUT2D eigenvalue weighted by molar-refractivity contribution is 8.13. The Morgan fingerprint density at radius 1 is 1.53 bits per heavy atom. The lowest BCUT2D eigenvalue weighted by Crippen LogP contribution is -1.97. The Hall–Kier alpha value is -1.07. The lowest BCUT2D eigenvalue weighted by atomic mass is 10.2. The van der Waals surface area contributed by atoms with E-state index in [1.165, 1.54) is 10.6 Å². The molecule has 0 N–H and O–H groups in total. The van der Waals surface area contributed by atoms with Crippen LogP contribution in [0, 0.1) is 0 Å². The van der Waals surface area contributed by atoms with Crippen LogP contribution in [0.2, 0.25) is 0 Å². The van der Waals surface area contributed by atoms with Crippen molar-refractivity contribution in [3.8, 4) is 0 Å². The van der Waals surface area contributed by atoms with Crippen LogP contribution in [0.4, 0.5) is 0 Å². The molecule has 0 amide bonds. The second-order valence-electron chi connectivity index (χ2n) is 3.15. The van der Waals surface area contributed by atoms with Crippen molar-refractivity contribution in [2.45, 2.75) is 18.4 Å². The summed E-state index contributed by atoms with van der Waals surface area (Å²) in [4.78, 5) is 3.99. The molecule has 0 aromatic carbocycles. The third kappa shape index (κ3) is 1.85. The van der Waals surface area contributed by atoms with E-state index in [0.29, 0.717) is 5.65 Å². The first-order valence-corrected chi connectivity index (χ1v) is 6.74. The second kappa shape index (κ2) is 3.50. The minimum Gasteiger partial charge on any atom is -0.290 e. The zero-order chi connectivity index (χ0) is 11.1. The van der Waals surface area contributed by atoms with E-state index < -0.39 is 9.05 Å². The number of aromatic nitrogens is 2. The van der Waals surface area contributed by atoms with E-state index in [0.717, 1.165) is 12.0 Å². The van der Waals surface area contributed by atoms with Crippen molar-refractivity contribution in [2.24, 2.45) is 0 Å². The fraction of sp³-hybridized carbons (Fsp3) is 0.222. The summed E-state index contributed by atoms with van der Waals surface area (Å²) in [5.41, 5.74) is 1.69. The molecule has 0 aliphatic heterocycles. The van der Waals surface area contributed by atoms with E-state index in [4.69, 9.17) is 10.7 Å². The van der Waals surface area contributed by atoms with Gasteiger partial charge in [0.2, 0.25) is 0 Å². The first kappa shape index (κ1) is 10.4. The molecule has 2 rings (SSSR count). The number of hydrogen-bond acceptors (Lipinski definition) is 3. The Kier molecular flexibility index (Phi) is 2.44. The molecular formula is C9H9ClN2O2S. The van der Waals surface area contributed by atoms with Crippen molar-refractivity contribution in [2.75, 3.05) is 0 Å². The van der Waals surface area contributed by atoms with Crippen molar-refractivity contribution < 1.29 is 8.42 Å². The first-order chi connectivity index (χ1) is 7.02. The molecule has 2 aromatic heterocycles. The van der Waals surface area contributed by atoms with Gasteiger partial charge in [-0.1, -0.05) is 6.92 Å². The van der Waals surface area contributed by atoms with Crippen LogP contribution >= 0.6 is 10.7 Å². The number of halogens is 1.